The molecule has 1 aromatic carbocycles. The van der Waals surface area contributed by atoms with Crippen LogP contribution in [-0.2, 0) is 20.8 Å². The lowest BCUT2D eigenvalue weighted by molar-refractivity contribution is -0.116. The first-order valence-electron chi connectivity index (χ1n) is 10.9. The monoisotopic (exact) mass is 473 g/mol. The summed E-state index contributed by atoms with van der Waals surface area (Å²) < 4.78 is 9.61. The van der Waals surface area contributed by atoms with Gasteiger partial charge in [0, 0.05) is 45.7 Å². The number of methoxy groups -OCH3 is 2. The predicted molar refractivity (Wildman–Crippen MR) is 128 cm³/mol. The van der Waals surface area contributed by atoms with Crippen LogP contribution in [0.2, 0.25) is 0 Å². The van der Waals surface area contributed by atoms with Gasteiger partial charge in [0.2, 0.25) is 5.91 Å². The van der Waals surface area contributed by atoms with Gasteiger partial charge < -0.3 is 19.7 Å². The smallest absolute Gasteiger partial charge is 0.348 e. The molecule has 2 aromatic rings. The Hall–Kier alpha value is -2.75. The maximum Gasteiger partial charge on any atom is 0.348 e. The number of nitrogens with one attached hydrogen (secondary N) is 1. The van der Waals surface area contributed by atoms with Gasteiger partial charge in [-0.3, -0.25) is 9.69 Å². The number of hydrogen-bond donors (Lipinski definition) is 1. The lowest BCUT2D eigenvalue weighted by Gasteiger charge is -2.34. The van der Waals surface area contributed by atoms with Gasteiger partial charge in [-0.1, -0.05) is 24.3 Å². The van der Waals surface area contributed by atoms with Gasteiger partial charge in [0.25, 0.3) is 0 Å². The van der Waals surface area contributed by atoms with E-state index in [0.29, 0.717) is 23.5 Å². The molecule has 0 radical (unpaired) electrons. The van der Waals surface area contributed by atoms with Crippen molar-refractivity contribution in [3.05, 3.63) is 51.4 Å². The van der Waals surface area contributed by atoms with Crippen molar-refractivity contribution in [1.29, 1.82) is 0 Å². The Morgan fingerprint density at radius 1 is 0.970 bits per heavy atom. The molecule has 0 spiro atoms. The van der Waals surface area contributed by atoms with E-state index in [2.05, 4.69) is 46.3 Å². The highest BCUT2D eigenvalue weighted by Gasteiger charge is 2.27. The molecule has 0 atom stereocenters. The molecule has 1 aliphatic heterocycles. The van der Waals surface area contributed by atoms with Gasteiger partial charge in [-0.15, -0.1) is 11.3 Å². The number of carbonyl (C=O) groups excluding carboxylic acids is 3. The second kappa shape index (κ2) is 11.4. The van der Waals surface area contributed by atoms with Crippen LogP contribution in [0, 0.1) is 13.8 Å². The Bertz CT molecular complexity index is 1010. The Morgan fingerprint density at radius 2 is 1.61 bits per heavy atom. The average Bonchev–Trinajstić information content (AvgIpc) is 3.14. The molecular formula is C24H31N3O5S. The molecule has 1 fully saturated rings. The van der Waals surface area contributed by atoms with E-state index in [1.165, 1.54) is 25.3 Å². The third kappa shape index (κ3) is 6.19. The molecule has 1 amide bonds. The van der Waals surface area contributed by atoms with Gasteiger partial charge in [-0.25, -0.2) is 9.59 Å². The number of esters is 2. The molecule has 9 heteroatoms. The van der Waals surface area contributed by atoms with Crippen molar-refractivity contribution in [2.75, 3.05) is 52.3 Å². The minimum Gasteiger partial charge on any atom is -0.465 e. The number of carbonyl (C=O) groups is 3. The van der Waals surface area contributed by atoms with E-state index in [1.807, 2.05) is 0 Å². The number of ether oxygens (including phenoxy) is 2. The van der Waals surface area contributed by atoms with Crippen LogP contribution in [0.1, 0.15) is 43.1 Å². The molecule has 33 heavy (non-hydrogen) atoms. The Labute approximate surface area is 198 Å². The van der Waals surface area contributed by atoms with Crippen LogP contribution in [0.15, 0.2) is 24.3 Å². The standard InChI is InChI=1S/C24H31N3O5S/c1-16-7-5-6-8-18(16)15-27-13-11-26(12-14-27)10-9-19(28)25-22-20(23(29)31-3)17(2)21(33-22)24(30)32-4/h5-8H,9-15H2,1-4H3,(H,25,28). The highest BCUT2D eigenvalue weighted by Crippen LogP contribution is 2.34. The summed E-state index contributed by atoms with van der Waals surface area (Å²) in [7, 11) is 2.54. The number of amides is 1. The fourth-order valence-corrected chi connectivity index (χ4v) is 5.01. The van der Waals surface area contributed by atoms with Crippen molar-refractivity contribution in [1.82, 2.24) is 9.80 Å². The van der Waals surface area contributed by atoms with E-state index in [1.54, 1.807) is 6.92 Å². The van der Waals surface area contributed by atoms with Crippen molar-refractivity contribution >= 4 is 34.2 Å². The second-order valence-electron chi connectivity index (χ2n) is 8.09. The van der Waals surface area contributed by atoms with Gasteiger partial charge in [0.15, 0.2) is 0 Å². The highest BCUT2D eigenvalue weighted by atomic mass is 32.1. The zero-order chi connectivity index (χ0) is 24.0. The van der Waals surface area contributed by atoms with E-state index < -0.39 is 11.9 Å². The van der Waals surface area contributed by atoms with Crippen LogP contribution >= 0.6 is 11.3 Å². The van der Waals surface area contributed by atoms with E-state index in [0.717, 1.165) is 44.1 Å². The molecular weight excluding hydrogens is 442 g/mol. The number of piperazine rings is 1. The molecule has 1 aromatic heterocycles. The zero-order valence-corrected chi connectivity index (χ0v) is 20.4. The van der Waals surface area contributed by atoms with Crippen LogP contribution in [-0.4, -0.2) is 74.6 Å². The van der Waals surface area contributed by atoms with Crippen LogP contribution in [0.5, 0.6) is 0 Å². The van der Waals surface area contributed by atoms with Gasteiger partial charge >= 0.3 is 11.9 Å². The number of benzene rings is 1. The molecule has 0 aliphatic carbocycles. The van der Waals surface area contributed by atoms with Crippen molar-refractivity contribution in [3.63, 3.8) is 0 Å². The summed E-state index contributed by atoms with van der Waals surface area (Å²) in [5, 5.41) is 3.10. The van der Waals surface area contributed by atoms with E-state index >= 15 is 0 Å². The first-order valence-corrected chi connectivity index (χ1v) is 11.7. The number of anilines is 1. The third-order valence-electron chi connectivity index (χ3n) is 5.94. The van der Waals surface area contributed by atoms with E-state index in [9.17, 15) is 14.4 Å². The predicted octanol–water partition coefficient (Wildman–Crippen LogP) is 3.08. The van der Waals surface area contributed by atoms with Crippen molar-refractivity contribution < 1.29 is 23.9 Å². The van der Waals surface area contributed by atoms with Crippen LogP contribution in [0.25, 0.3) is 0 Å². The fraction of sp³-hybridized carbons (Fsp3) is 0.458. The maximum absolute atomic E-state index is 12.6. The number of thiophene rings is 1. The summed E-state index contributed by atoms with van der Waals surface area (Å²) in [6, 6.07) is 8.45. The van der Waals surface area contributed by atoms with Gasteiger partial charge in [-0.2, -0.15) is 0 Å². The van der Waals surface area contributed by atoms with E-state index in [4.69, 9.17) is 9.47 Å². The molecule has 1 N–H and O–H groups in total. The lowest BCUT2D eigenvalue weighted by Crippen LogP contribution is -2.46. The summed E-state index contributed by atoms with van der Waals surface area (Å²) >= 11 is 1.03. The normalized spacial score (nSPS) is 14.7. The van der Waals surface area contributed by atoms with Crippen molar-refractivity contribution in [3.8, 4) is 0 Å². The summed E-state index contributed by atoms with van der Waals surface area (Å²) in [6.45, 7) is 9.06. The second-order valence-corrected chi connectivity index (χ2v) is 9.11. The van der Waals surface area contributed by atoms with Crippen LogP contribution in [0.3, 0.4) is 0 Å². The number of aryl methyl sites for hydroxylation is 1. The molecule has 0 saturated carbocycles. The zero-order valence-electron chi connectivity index (χ0n) is 19.6. The van der Waals surface area contributed by atoms with Gasteiger partial charge in [0.1, 0.15) is 9.88 Å². The summed E-state index contributed by atoms with van der Waals surface area (Å²) in [5.74, 6) is -1.36. The topological polar surface area (TPSA) is 88.2 Å². The number of nitrogens with zero attached hydrogens (tertiary/aromatic N) is 2. The first-order chi connectivity index (χ1) is 15.8. The quantitative estimate of drug-likeness (QED) is 0.590. The SMILES string of the molecule is COC(=O)c1sc(NC(=O)CCN2CCN(Cc3ccccc3C)CC2)c(C(=O)OC)c1C. The molecule has 1 aliphatic rings. The van der Waals surface area contributed by atoms with Crippen molar-refractivity contribution in [2.45, 2.75) is 26.8 Å². The third-order valence-corrected chi connectivity index (χ3v) is 7.12. The summed E-state index contributed by atoms with van der Waals surface area (Å²) in [4.78, 5) is 41.8. The summed E-state index contributed by atoms with van der Waals surface area (Å²) in [5.41, 5.74) is 3.30. The highest BCUT2D eigenvalue weighted by molar-refractivity contribution is 7.18. The maximum atomic E-state index is 12.6. The molecule has 3 rings (SSSR count). The summed E-state index contributed by atoms with van der Waals surface area (Å²) in [6.07, 6.45) is 0.295. The molecule has 8 nitrogen and oxygen atoms in total. The Balaban J connectivity index is 1.52. The minimum atomic E-state index is -0.598. The molecule has 2 heterocycles. The Kier molecular flexibility index (Phi) is 8.60. The number of hydrogen-bond acceptors (Lipinski definition) is 8. The minimum absolute atomic E-state index is 0.195. The Morgan fingerprint density at radius 3 is 2.24 bits per heavy atom. The van der Waals surface area contributed by atoms with Gasteiger partial charge in [0.05, 0.1) is 19.8 Å². The van der Waals surface area contributed by atoms with E-state index in [-0.39, 0.29) is 16.3 Å². The lowest BCUT2D eigenvalue weighted by atomic mass is 10.1. The molecule has 0 unspecified atom stereocenters. The van der Waals surface area contributed by atoms with Crippen LogP contribution < -0.4 is 5.32 Å². The van der Waals surface area contributed by atoms with Gasteiger partial charge in [-0.05, 0) is 30.5 Å². The average molecular weight is 474 g/mol. The molecule has 178 valence electrons. The molecule has 0 bridgehead atoms. The van der Waals surface area contributed by atoms with Crippen molar-refractivity contribution in [2.24, 2.45) is 0 Å². The first kappa shape index (κ1) is 24.9. The largest absolute Gasteiger partial charge is 0.465 e. The fourth-order valence-electron chi connectivity index (χ4n) is 3.88. The number of rotatable bonds is 8. The molecule has 1 saturated heterocycles. The van der Waals surface area contributed by atoms with Crippen LogP contribution in [0.4, 0.5) is 5.00 Å².